The number of halogens is 3. The Hall–Kier alpha value is -1.71. The highest BCUT2D eigenvalue weighted by molar-refractivity contribution is 5.88. The number of fused-ring (bicyclic) bond motifs is 1. The molecule has 0 aliphatic rings. The van der Waals surface area contributed by atoms with Crippen molar-refractivity contribution in [3.8, 4) is 5.75 Å². The van der Waals surface area contributed by atoms with Crippen molar-refractivity contribution in [2.24, 2.45) is 0 Å². The standard InChI is InChI=1S/C11H7F3O/c12-11(13,14)8-5-4-7-2-1-3-10(15)9(7)6-8/h1-6,15H. The fraction of sp³-hybridized carbons (Fsp3) is 0.0909. The molecule has 0 amide bonds. The van der Waals surface area contributed by atoms with E-state index in [1.807, 2.05) is 0 Å². The minimum absolute atomic E-state index is 0.140. The maximum Gasteiger partial charge on any atom is 0.416 e. The van der Waals surface area contributed by atoms with Crippen LogP contribution in [0.2, 0.25) is 0 Å². The normalized spacial score (nSPS) is 11.9. The van der Waals surface area contributed by atoms with E-state index in [0.29, 0.717) is 5.39 Å². The van der Waals surface area contributed by atoms with Crippen LogP contribution in [0.4, 0.5) is 13.2 Å². The summed E-state index contributed by atoms with van der Waals surface area (Å²) in [5.74, 6) is -0.140. The average molecular weight is 212 g/mol. The van der Waals surface area contributed by atoms with Gasteiger partial charge in [0.05, 0.1) is 5.56 Å². The van der Waals surface area contributed by atoms with Crippen LogP contribution in [-0.4, -0.2) is 5.11 Å². The van der Waals surface area contributed by atoms with Crippen molar-refractivity contribution in [2.75, 3.05) is 0 Å². The molecule has 0 unspecified atom stereocenters. The molecular weight excluding hydrogens is 205 g/mol. The summed E-state index contributed by atoms with van der Waals surface area (Å²) in [4.78, 5) is 0. The molecule has 15 heavy (non-hydrogen) atoms. The molecular formula is C11H7F3O. The molecule has 0 aromatic heterocycles. The lowest BCUT2D eigenvalue weighted by Crippen LogP contribution is -2.04. The maximum atomic E-state index is 12.4. The molecule has 78 valence electrons. The van der Waals surface area contributed by atoms with Gasteiger partial charge in [0.1, 0.15) is 5.75 Å². The van der Waals surface area contributed by atoms with Crippen LogP contribution < -0.4 is 0 Å². The van der Waals surface area contributed by atoms with Crippen LogP contribution in [0, 0.1) is 0 Å². The van der Waals surface area contributed by atoms with E-state index < -0.39 is 11.7 Å². The minimum Gasteiger partial charge on any atom is -0.507 e. The summed E-state index contributed by atoms with van der Waals surface area (Å²) in [7, 11) is 0. The Morgan fingerprint density at radius 1 is 1.00 bits per heavy atom. The van der Waals surface area contributed by atoms with Crippen LogP contribution in [0.3, 0.4) is 0 Å². The van der Waals surface area contributed by atoms with E-state index in [9.17, 15) is 18.3 Å². The third-order valence-electron chi connectivity index (χ3n) is 2.19. The third-order valence-corrected chi connectivity index (χ3v) is 2.19. The van der Waals surface area contributed by atoms with Crippen LogP contribution in [0.25, 0.3) is 10.8 Å². The molecule has 0 heterocycles. The second-order valence-electron chi connectivity index (χ2n) is 3.21. The highest BCUT2D eigenvalue weighted by Crippen LogP contribution is 2.33. The smallest absolute Gasteiger partial charge is 0.416 e. The largest absolute Gasteiger partial charge is 0.507 e. The molecule has 2 aromatic carbocycles. The first-order valence-electron chi connectivity index (χ1n) is 4.27. The first-order chi connectivity index (χ1) is 6.98. The fourth-order valence-electron chi connectivity index (χ4n) is 1.43. The second-order valence-corrected chi connectivity index (χ2v) is 3.21. The molecule has 0 saturated heterocycles. The monoisotopic (exact) mass is 212 g/mol. The van der Waals surface area contributed by atoms with Gasteiger partial charge in [0, 0.05) is 5.39 Å². The third kappa shape index (κ3) is 1.75. The summed E-state index contributed by atoms with van der Waals surface area (Å²) in [6, 6.07) is 7.90. The zero-order chi connectivity index (χ0) is 11.1. The van der Waals surface area contributed by atoms with Gasteiger partial charge < -0.3 is 5.11 Å². The van der Waals surface area contributed by atoms with Crippen LogP contribution in [0.1, 0.15) is 5.56 Å². The Labute approximate surface area is 83.8 Å². The van der Waals surface area contributed by atoms with Gasteiger partial charge in [-0.1, -0.05) is 18.2 Å². The molecule has 0 atom stereocenters. The first-order valence-corrected chi connectivity index (χ1v) is 4.27. The van der Waals surface area contributed by atoms with E-state index in [-0.39, 0.29) is 11.1 Å². The van der Waals surface area contributed by atoms with Crippen LogP contribution in [0.5, 0.6) is 5.75 Å². The minimum atomic E-state index is -4.38. The Morgan fingerprint density at radius 3 is 2.40 bits per heavy atom. The van der Waals surface area contributed by atoms with Crippen molar-refractivity contribution < 1.29 is 18.3 Å². The van der Waals surface area contributed by atoms with Gasteiger partial charge in [-0.3, -0.25) is 0 Å². The highest BCUT2D eigenvalue weighted by Gasteiger charge is 2.30. The van der Waals surface area contributed by atoms with Crippen molar-refractivity contribution in [2.45, 2.75) is 6.18 Å². The molecule has 4 heteroatoms. The Balaban J connectivity index is 2.70. The molecule has 0 spiro atoms. The van der Waals surface area contributed by atoms with E-state index in [0.717, 1.165) is 12.1 Å². The summed E-state index contributed by atoms with van der Waals surface area (Å²) in [6.07, 6.45) is -4.38. The SMILES string of the molecule is Oc1cccc2ccc(C(F)(F)F)cc12. The number of alkyl halides is 3. The van der Waals surface area contributed by atoms with Gasteiger partial charge >= 0.3 is 6.18 Å². The van der Waals surface area contributed by atoms with Gasteiger partial charge in [-0.15, -0.1) is 0 Å². The number of phenolic OH excluding ortho intramolecular Hbond substituents is 1. The summed E-state index contributed by atoms with van der Waals surface area (Å²) < 4.78 is 37.1. The molecule has 0 aliphatic carbocycles. The quantitative estimate of drug-likeness (QED) is 0.707. The Kier molecular flexibility index (Phi) is 2.07. The van der Waals surface area contributed by atoms with Gasteiger partial charge in [0.25, 0.3) is 0 Å². The number of benzene rings is 2. The fourth-order valence-corrected chi connectivity index (χ4v) is 1.43. The Morgan fingerprint density at radius 2 is 1.73 bits per heavy atom. The molecule has 1 N–H and O–H groups in total. The topological polar surface area (TPSA) is 20.2 Å². The van der Waals surface area contributed by atoms with Crippen molar-refractivity contribution in [1.82, 2.24) is 0 Å². The van der Waals surface area contributed by atoms with Crippen molar-refractivity contribution >= 4 is 10.8 Å². The molecule has 0 aliphatic heterocycles. The molecule has 2 rings (SSSR count). The van der Waals surface area contributed by atoms with E-state index in [4.69, 9.17) is 0 Å². The summed E-state index contributed by atoms with van der Waals surface area (Å²) in [6.45, 7) is 0. The predicted octanol–water partition coefficient (Wildman–Crippen LogP) is 3.56. The molecule has 0 radical (unpaired) electrons. The zero-order valence-electron chi connectivity index (χ0n) is 7.55. The molecule has 2 aromatic rings. The van der Waals surface area contributed by atoms with Crippen molar-refractivity contribution in [3.05, 3.63) is 42.0 Å². The van der Waals surface area contributed by atoms with Gasteiger partial charge in [-0.05, 0) is 23.6 Å². The maximum absolute atomic E-state index is 12.4. The van der Waals surface area contributed by atoms with Crippen LogP contribution >= 0.6 is 0 Å². The van der Waals surface area contributed by atoms with E-state index in [2.05, 4.69) is 0 Å². The van der Waals surface area contributed by atoms with Gasteiger partial charge in [0.15, 0.2) is 0 Å². The molecule has 0 fully saturated rings. The predicted molar refractivity (Wildman–Crippen MR) is 50.6 cm³/mol. The van der Waals surface area contributed by atoms with E-state index in [1.165, 1.54) is 12.1 Å². The first kappa shape index (κ1) is 9.83. The zero-order valence-corrected chi connectivity index (χ0v) is 7.55. The molecule has 1 nitrogen and oxygen atoms in total. The lowest BCUT2D eigenvalue weighted by molar-refractivity contribution is -0.137. The summed E-state index contributed by atoms with van der Waals surface area (Å²) >= 11 is 0. The lowest BCUT2D eigenvalue weighted by atomic mass is 10.1. The van der Waals surface area contributed by atoms with E-state index >= 15 is 0 Å². The molecule has 0 bridgehead atoms. The number of phenols is 1. The number of hydrogen-bond donors (Lipinski definition) is 1. The van der Waals surface area contributed by atoms with Gasteiger partial charge in [-0.25, -0.2) is 0 Å². The summed E-state index contributed by atoms with van der Waals surface area (Å²) in [5, 5.41) is 10.2. The van der Waals surface area contributed by atoms with Gasteiger partial charge in [-0.2, -0.15) is 13.2 Å². The second kappa shape index (κ2) is 3.15. The highest BCUT2D eigenvalue weighted by atomic mass is 19.4. The Bertz CT molecular complexity index is 503. The van der Waals surface area contributed by atoms with Crippen molar-refractivity contribution in [1.29, 1.82) is 0 Å². The number of aromatic hydroxyl groups is 1. The summed E-state index contributed by atoms with van der Waals surface area (Å²) in [5.41, 5.74) is -0.753. The number of rotatable bonds is 0. The number of hydrogen-bond acceptors (Lipinski definition) is 1. The van der Waals surface area contributed by atoms with Crippen LogP contribution in [0.15, 0.2) is 36.4 Å². The van der Waals surface area contributed by atoms with Crippen LogP contribution in [-0.2, 0) is 6.18 Å². The van der Waals surface area contributed by atoms with Gasteiger partial charge in [0.2, 0.25) is 0 Å². The van der Waals surface area contributed by atoms with E-state index in [1.54, 1.807) is 12.1 Å². The molecule has 0 saturated carbocycles. The lowest BCUT2D eigenvalue weighted by Gasteiger charge is -2.08. The van der Waals surface area contributed by atoms with Crippen molar-refractivity contribution in [3.63, 3.8) is 0 Å². The average Bonchev–Trinajstić information content (AvgIpc) is 2.16.